The lowest BCUT2D eigenvalue weighted by molar-refractivity contribution is -0.139. The first-order valence-corrected chi connectivity index (χ1v) is 12.3. The van der Waals surface area contributed by atoms with E-state index < -0.39 is 28.1 Å². The van der Waals surface area contributed by atoms with Crippen molar-refractivity contribution in [3.63, 3.8) is 0 Å². The zero-order chi connectivity index (χ0) is 25.4. The van der Waals surface area contributed by atoms with Gasteiger partial charge in [0, 0.05) is 13.1 Å². The van der Waals surface area contributed by atoms with Crippen LogP contribution in [-0.4, -0.2) is 78.3 Å². The van der Waals surface area contributed by atoms with Crippen molar-refractivity contribution in [2.24, 2.45) is 0 Å². The van der Waals surface area contributed by atoms with E-state index >= 15 is 0 Å². The molecule has 1 atom stereocenters. The number of nitrogens with zero attached hydrogens (tertiary/aromatic N) is 1. The molecule has 0 aliphatic carbocycles. The lowest BCUT2D eigenvalue weighted by Gasteiger charge is -2.23. The molecule has 0 aromatic heterocycles. The SMILES string of the molecule is COc1ccc(S(=O)(=O)N2CCO[C@@H]2CNC(=O)C(=O)NCCc2ccc(OC)c(OC)c2)cc1. The van der Waals surface area contributed by atoms with Crippen LogP contribution in [0.4, 0.5) is 0 Å². The van der Waals surface area contributed by atoms with Crippen molar-refractivity contribution in [2.45, 2.75) is 17.5 Å². The monoisotopic (exact) mass is 507 g/mol. The van der Waals surface area contributed by atoms with Gasteiger partial charge in [0.05, 0.1) is 39.4 Å². The molecule has 1 aliphatic heterocycles. The number of rotatable bonds is 10. The summed E-state index contributed by atoms with van der Waals surface area (Å²) >= 11 is 0. The Kier molecular flexibility index (Phi) is 8.90. The van der Waals surface area contributed by atoms with Crippen LogP contribution in [0.15, 0.2) is 47.4 Å². The first kappa shape index (κ1) is 26.3. The molecule has 2 N–H and O–H groups in total. The van der Waals surface area contributed by atoms with E-state index in [0.29, 0.717) is 23.7 Å². The predicted molar refractivity (Wildman–Crippen MR) is 126 cm³/mol. The number of carbonyl (C=O) groups is 2. The van der Waals surface area contributed by atoms with Crippen LogP contribution in [0.3, 0.4) is 0 Å². The van der Waals surface area contributed by atoms with E-state index in [9.17, 15) is 18.0 Å². The average Bonchev–Trinajstić information content (AvgIpc) is 3.36. The number of benzene rings is 2. The fourth-order valence-corrected chi connectivity index (χ4v) is 5.03. The van der Waals surface area contributed by atoms with Crippen molar-refractivity contribution in [3.05, 3.63) is 48.0 Å². The fraction of sp³-hybridized carbons (Fsp3) is 0.391. The van der Waals surface area contributed by atoms with Gasteiger partial charge in [-0.15, -0.1) is 0 Å². The molecule has 1 saturated heterocycles. The standard InChI is InChI=1S/C23H29N3O8S/c1-31-17-5-7-18(8-6-17)35(29,30)26-12-13-34-21(26)15-25-23(28)22(27)24-11-10-16-4-9-19(32-2)20(14-16)33-3/h4-9,14,21H,10-13,15H2,1-3H3,(H,24,27)(H,25,28)/t21-/m1/s1. The summed E-state index contributed by atoms with van der Waals surface area (Å²) in [6.07, 6.45) is -0.454. The third-order valence-electron chi connectivity index (χ3n) is 5.40. The highest BCUT2D eigenvalue weighted by molar-refractivity contribution is 7.89. The molecule has 0 spiro atoms. The van der Waals surface area contributed by atoms with Gasteiger partial charge >= 0.3 is 11.8 Å². The minimum atomic E-state index is -3.85. The highest BCUT2D eigenvalue weighted by Crippen LogP contribution is 2.27. The van der Waals surface area contributed by atoms with E-state index in [1.165, 1.54) is 26.4 Å². The Morgan fingerprint density at radius 2 is 1.66 bits per heavy atom. The number of ether oxygens (including phenoxy) is 4. The summed E-state index contributed by atoms with van der Waals surface area (Å²) in [6, 6.07) is 11.4. The van der Waals surface area contributed by atoms with Crippen molar-refractivity contribution in [2.75, 3.05) is 47.6 Å². The lowest BCUT2D eigenvalue weighted by atomic mass is 10.1. The summed E-state index contributed by atoms with van der Waals surface area (Å²) in [4.78, 5) is 24.5. The Bertz CT molecular complexity index is 1140. The number of carbonyl (C=O) groups excluding carboxylic acids is 2. The minimum Gasteiger partial charge on any atom is -0.497 e. The van der Waals surface area contributed by atoms with E-state index in [0.717, 1.165) is 9.87 Å². The number of amides is 2. The number of nitrogens with one attached hydrogen (secondary N) is 2. The maximum absolute atomic E-state index is 13.0. The Morgan fingerprint density at radius 3 is 2.31 bits per heavy atom. The van der Waals surface area contributed by atoms with Gasteiger partial charge in [-0.25, -0.2) is 8.42 Å². The molecule has 11 nitrogen and oxygen atoms in total. The minimum absolute atomic E-state index is 0.0769. The second kappa shape index (κ2) is 11.9. The molecule has 1 heterocycles. The van der Waals surface area contributed by atoms with Gasteiger partial charge in [0.1, 0.15) is 12.0 Å². The molecule has 2 aromatic rings. The van der Waals surface area contributed by atoms with Crippen LogP contribution in [0.1, 0.15) is 5.56 Å². The smallest absolute Gasteiger partial charge is 0.309 e. The molecule has 2 aromatic carbocycles. The summed E-state index contributed by atoms with van der Waals surface area (Å²) in [7, 11) is 0.709. The molecule has 1 fully saturated rings. The van der Waals surface area contributed by atoms with Crippen molar-refractivity contribution < 1.29 is 37.0 Å². The number of methoxy groups -OCH3 is 3. The van der Waals surface area contributed by atoms with Gasteiger partial charge in [0.25, 0.3) is 0 Å². The van der Waals surface area contributed by atoms with Crippen molar-refractivity contribution in [1.82, 2.24) is 14.9 Å². The molecule has 3 rings (SSSR count). The molecule has 0 saturated carbocycles. The summed E-state index contributed by atoms with van der Waals surface area (Å²) in [5, 5.41) is 4.98. The number of hydrogen-bond acceptors (Lipinski definition) is 8. The average molecular weight is 508 g/mol. The van der Waals surface area contributed by atoms with Gasteiger partial charge in [-0.1, -0.05) is 6.07 Å². The second-order valence-corrected chi connectivity index (χ2v) is 9.41. The van der Waals surface area contributed by atoms with Gasteiger partial charge < -0.3 is 29.6 Å². The Morgan fingerprint density at radius 1 is 0.971 bits per heavy atom. The molecule has 12 heteroatoms. The van der Waals surface area contributed by atoms with Gasteiger partial charge in [0.2, 0.25) is 10.0 Å². The van der Waals surface area contributed by atoms with Crippen LogP contribution in [0.5, 0.6) is 17.2 Å². The summed E-state index contributed by atoms with van der Waals surface area (Å²) in [5.41, 5.74) is 0.891. The van der Waals surface area contributed by atoms with Crippen LogP contribution in [0.2, 0.25) is 0 Å². The molecule has 2 amide bonds. The highest BCUT2D eigenvalue weighted by Gasteiger charge is 2.36. The topological polar surface area (TPSA) is 132 Å². The summed E-state index contributed by atoms with van der Waals surface area (Å²) in [5.74, 6) is -0.0122. The highest BCUT2D eigenvalue weighted by atomic mass is 32.2. The van der Waals surface area contributed by atoms with Gasteiger partial charge in [-0.2, -0.15) is 4.31 Å². The molecule has 0 unspecified atom stereocenters. The van der Waals surface area contributed by atoms with Crippen LogP contribution in [-0.2, 0) is 30.8 Å². The van der Waals surface area contributed by atoms with Gasteiger partial charge in [0.15, 0.2) is 11.5 Å². The molecular weight excluding hydrogens is 478 g/mol. The third-order valence-corrected chi connectivity index (χ3v) is 7.30. The van der Waals surface area contributed by atoms with Crippen molar-refractivity contribution >= 4 is 21.8 Å². The van der Waals surface area contributed by atoms with Crippen LogP contribution < -0.4 is 24.8 Å². The second-order valence-electron chi connectivity index (χ2n) is 7.52. The molecule has 35 heavy (non-hydrogen) atoms. The maximum Gasteiger partial charge on any atom is 0.309 e. The third kappa shape index (κ3) is 6.41. The number of sulfonamides is 1. The van der Waals surface area contributed by atoms with Crippen molar-refractivity contribution in [3.8, 4) is 17.2 Å². The van der Waals surface area contributed by atoms with Gasteiger partial charge in [-0.3, -0.25) is 9.59 Å². The first-order valence-electron chi connectivity index (χ1n) is 10.8. The first-order chi connectivity index (χ1) is 16.8. The van der Waals surface area contributed by atoms with Crippen molar-refractivity contribution in [1.29, 1.82) is 0 Å². The molecular formula is C23H29N3O8S. The van der Waals surface area contributed by atoms with E-state index in [2.05, 4.69) is 10.6 Å². The summed E-state index contributed by atoms with van der Waals surface area (Å²) < 4.78 is 48.1. The predicted octanol–water partition coefficient (Wildman–Crippen LogP) is 0.535. The fourth-order valence-electron chi connectivity index (χ4n) is 3.52. The Hall–Kier alpha value is -3.35. The number of hydrogen-bond donors (Lipinski definition) is 2. The largest absolute Gasteiger partial charge is 0.497 e. The van der Waals surface area contributed by atoms with Crippen LogP contribution in [0, 0.1) is 0 Å². The molecule has 0 bridgehead atoms. The van der Waals surface area contributed by atoms with E-state index in [4.69, 9.17) is 18.9 Å². The van der Waals surface area contributed by atoms with Gasteiger partial charge in [-0.05, 0) is 48.4 Å². The quantitative estimate of drug-likeness (QED) is 0.445. The van der Waals surface area contributed by atoms with E-state index in [1.54, 1.807) is 31.4 Å². The van der Waals surface area contributed by atoms with E-state index in [-0.39, 0.29) is 31.1 Å². The zero-order valence-electron chi connectivity index (χ0n) is 19.8. The van der Waals surface area contributed by atoms with Crippen LogP contribution in [0.25, 0.3) is 0 Å². The zero-order valence-corrected chi connectivity index (χ0v) is 20.6. The molecule has 0 radical (unpaired) electrons. The Balaban J connectivity index is 1.50. The van der Waals surface area contributed by atoms with Crippen LogP contribution >= 0.6 is 0 Å². The normalized spacial score (nSPS) is 15.9. The molecule has 1 aliphatic rings. The maximum atomic E-state index is 13.0. The Labute approximate surface area is 204 Å². The molecule has 190 valence electrons. The summed E-state index contributed by atoms with van der Waals surface area (Å²) in [6.45, 7) is 0.358. The van der Waals surface area contributed by atoms with E-state index in [1.807, 2.05) is 6.07 Å². The lowest BCUT2D eigenvalue weighted by Crippen LogP contribution is -2.47.